The van der Waals surface area contributed by atoms with Crippen molar-refractivity contribution in [3.05, 3.63) is 30.4 Å². The first-order valence-electron chi connectivity index (χ1n) is 11.4. The van der Waals surface area contributed by atoms with E-state index in [2.05, 4.69) is 34.4 Å². The topological polar surface area (TPSA) is 145 Å². The molecule has 1 aromatic heterocycles. The highest BCUT2D eigenvalue weighted by Gasteiger charge is 2.33. The fourth-order valence-corrected chi connectivity index (χ4v) is 4.20. The van der Waals surface area contributed by atoms with E-state index in [0.717, 1.165) is 31.5 Å². The smallest absolute Gasteiger partial charge is 0.290 e. The summed E-state index contributed by atoms with van der Waals surface area (Å²) >= 11 is 0. The van der Waals surface area contributed by atoms with Crippen molar-refractivity contribution in [1.82, 2.24) is 24.7 Å². The average molecular weight is 480 g/mol. The van der Waals surface area contributed by atoms with Crippen LogP contribution in [0.1, 0.15) is 44.9 Å². The average Bonchev–Trinajstić information content (AvgIpc) is 3.55. The largest absolute Gasteiger partial charge is 0.483 e. The van der Waals surface area contributed by atoms with Gasteiger partial charge in [0.15, 0.2) is 0 Å². The van der Waals surface area contributed by atoms with E-state index >= 15 is 0 Å². The second kappa shape index (κ2) is 15.6. The molecule has 11 nitrogen and oxygen atoms in total. The molecule has 0 aromatic carbocycles. The van der Waals surface area contributed by atoms with E-state index in [1.54, 1.807) is 6.20 Å². The first kappa shape index (κ1) is 28.8. The first-order chi connectivity index (χ1) is 16.3. The van der Waals surface area contributed by atoms with Crippen LogP contribution < -0.4 is 5.32 Å². The minimum Gasteiger partial charge on any atom is -0.483 e. The number of nitrogens with one attached hydrogen (secondary N) is 1. The molecule has 1 saturated heterocycles. The Morgan fingerprint density at radius 1 is 1.15 bits per heavy atom. The molecule has 1 aliphatic heterocycles. The van der Waals surface area contributed by atoms with Crippen molar-refractivity contribution < 1.29 is 29.4 Å². The lowest BCUT2D eigenvalue weighted by atomic mass is 10.1. The predicted molar refractivity (Wildman–Crippen MR) is 126 cm³/mol. The van der Waals surface area contributed by atoms with Crippen molar-refractivity contribution in [3.63, 3.8) is 0 Å². The normalized spacial score (nSPS) is 19.4. The maximum absolute atomic E-state index is 12.8. The van der Waals surface area contributed by atoms with Crippen molar-refractivity contribution >= 4 is 24.8 Å². The summed E-state index contributed by atoms with van der Waals surface area (Å²) in [6.45, 7) is 3.40. The van der Waals surface area contributed by atoms with E-state index in [1.807, 2.05) is 29.6 Å². The summed E-state index contributed by atoms with van der Waals surface area (Å²) in [6, 6.07) is 0.540. The number of nitrogens with zero attached hydrogens (tertiary/aromatic N) is 4. The number of rotatable bonds is 8. The standard InChI is InChI=1S/C21H33N5O2.2CH2O2/c1-4-26(15-19-22-11-12-24(19)2)20(27)13-17-9-10-18(25(17)3)14-23-21(28)16-7-5-6-8-16;2*2-1-3/h5-6,11-12,16-18H,4,7-10,13-15H2,1-3H3,(H,23,28);2*1H,(H,2,3)/t17-,18+;;/m1../s1. The van der Waals surface area contributed by atoms with Crippen molar-refractivity contribution in [2.75, 3.05) is 20.1 Å². The van der Waals surface area contributed by atoms with Gasteiger partial charge in [-0.15, -0.1) is 0 Å². The van der Waals surface area contributed by atoms with Gasteiger partial charge in [-0.25, -0.2) is 4.98 Å². The second-order valence-corrected chi connectivity index (χ2v) is 8.21. The van der Waals surface area contributed by atoms with Crippen LogP contribution in [0.2, 0.25) is 0 Å². The van der Waals surface area contributed by atoms with Gasteiger partial charge < -0.3 is 25.0 Å². The molecule has 34 heavy (non-hydrogen) atoms. The van der Waals surface area contributed by atoms with Gasteiger partial charge in [0.05, 0.1) is 6.54 Å². The van der Waals surface area contributed by atoms with Crippen LogP contribution in [0.15, 0.2) is 24.5 Å². The van der Waals surface area contributed by atoms with E-state index in [9.17, 15) is 9.59 Å². The number of likely N-dealkylation sites (N-methyl/N-ethyl adjacent to an activating group) is 1. The summed E-state index contributed by atoms with van der Waals surface area (Å²) in [5.74, 6) is 1.33. The van der Waals surface area contributed by atoms with Crippen LogP contribution in [0, 0.1) is 5.92 Å². The van der Waals surface area contributed by atoms with E-state index in [-0.39, 0.29) is 36.7 Å². The molecule has 190 valence electrons. The number of likely N-dealkylation sites (tertiary alicyclic amines) is 1. The Morgan fingerprint density at radius 3 is 2.26 bits per heavy atom. The lowest BCUT2D eigenvalue weighted by Gasteiger charge is -2.28. The minimum absolute atomic E-state index is 0.105. The van der Waals surface area contributed by atoms with Gasteiger partial charge in [-0.2, -0.15) is 0 Å². The molecule has 0 spiro atoms. The Morgan fingerprint density at radius 2 is 1.74 bits per heavy atom. The van der Waals surface area contributed by atoms with Crippen LogP contribution >= 0.6 is 0 Å². The number of amides is 2. The molecule has 3 rings (SSSR count). The van der Waals surface area contributed by atoms with E-state index < -0.39 is 0 Å². The van der Waals surface area contributed by atoms with Crippen molar-refractivity contribution in [2.24, 2.45) is 13.0 Å². The van der Waals surface area contributed by atoms with Gasteiger partial charge in [0.25, 0.3) is 12.9 Å². The SMILES string of the molecule is CCN(Cc1nccn1C)C(=O)C[C@H]1CC[C@@H](CNC(=O)C2CC=CC2)N1C.O=CO.O=CO. The highest BCUT2D eigenvalue weighted by molar-refractivity contribution is 5.79. The maximum atomic E-state index is 12.8. The van der Waals surface area contributed by atoms with E-state index in [0.29, 0.717) is 32.1 Å². The summed E-state index contributed by atoms with van der Waals surface area (Å²) in [5, 5.41) is 16.9. The van der Waals surface area contributed by atoms with Gasteiger partial charge in [0.2, 0.25) is 11.8 Å². The summed E-state index contributed by atoms with van der Waals surface area (Å²) in [4.78, 5) is 50.3. The van der Waals surface area contributed by atoms with Gasteiger partial charge >= 0.3 is 0 Å². The highest BCUT2D eigenvalue weighted by atomic mass is 16.3. The van der Waals surface area contributed by atoms with Crippen LogP contribution in [0.4, 0.5) is 0 Å². The third kappa shape index (κ3) is 8.97. The van der Waals surface area contributed by atoms with Crippen LogP contribution in [-0.4, -0.2) is 86.5 Å². The molecule has 2 aliphatic rings. The monoisotopic (exact) mass is 479 g/mol. The Balaban J connectivity index is 0.000000872. The summed E-state index contributed by atoms with van der Waals surface area (Å²) in [7, 11) is 4.03. The number of imidazole rings is 1. The summed E-state index contributed by atoms with van der Waals surface area (Å²) < 4.78 is 1.95. The molecule has 2 heterocycles. The Bertz CT molecular complexity index is 798. The molecule has 1 aromatic rings. The summed E-state index contributed by atoms with van der Waals surface area (Å²) in [5.41, 5.74) is 0. The number of allylic oxidation sites excluding steroid dienone is 2. The molecule has 3 N–H and O–H groups in total. The lowest BCUT2D eigenvalue weighted by molar-refractivity contribution is -0.133. The zero-order valence-electron chi connectivity index (χ0n) is 20.2. The Labute approximate surface area is 200 Å². The first-order valence-corrected chi connectivity index (χ1v) is 11.4. The van der Waals surface area contributed by atoms with E-state index in [1.165, 1.54) is 0 Å². The Hall–Kier alpha value is -3.21. The van der Waals surface area contributed by atoms with Gasteiger partial charge in [0.1, 0.15) is 5.82 Å². The minimum atomic E-state index is -0.250. The molecule has 0 unspecified atom stereocenters. The van der Waals surface area contributed by atoms with Crippen molar-refractivity contribution in [3.8, 4) is 0 Å². The Kier molecular flexibility index (Phi) is 13.2. The lowest BCUT2D eigenvalue weighted by Crippen LogP contribution is -2.44. The second-order valence-electron chi connectivity index (χ2n) is 8.21. The number of aromatic nitrogens is 2. The maximum Gasteiger partial charge on any atom is 0.290 e. The molecule has 0 bridgehead atoms. The number of aryl methyl sites for hydroxylation is 1. The van der Waals surface area contributed by atoms with Crippen LogP contribution in [0.3, 0.4) is 0 Å². The molecule has 2 amide bonds. The van der Waals surface area contributed by atoms with Crippen LogP contribution in [-0.2, 0) is 32.8 Å². The fourth-order valence-electron chi connectivity index (χ4n) is 4.20. The zero-order chi connectivity index (χ0) is 25.5. The van der Waals surface area contributed by atoms with E-state index in [4.69, 9.17) is 19.8 Å². The van der Waals surface area contributed by atoms with Crippen molar-refractivity contribution in [2.45, 2.75) is 57.7 Å². The number of carboxylic acid groups (broad SMARTS) is 2. The summed E-state index contributed by atoms with van der Waals surface area (Å²) in [6.07, 6.45) is 12.1. The van der Waals surface area contributed by atoms with Gasteiger partial charge in [-0.05, 0) is 39.7 Å². The van der Waals surface area contributed by atoms with Gasteiger partial charge in [0, 0.05) is 57.0 Å². The van der Waals surface area contributed by atoms with Crippen LogP contribution in [0.5, 0.6) is 0 Å². The quantitative estimate of drug-likeness (QED) is 0.371. The predicted octanol–water partition coefficient (Wildman–Crippen LogP) is 1.11. The van der Waals surface area contributed by atoms with Gasteiger partial charge in [-0.1, -0.05) is 12.2 Å². The molecule has 1 fully saturated rings. The van der Waals surface area contributed by atoms with Crippen molar-refractivity contribution in [1.29, 1.82) is 0 Å². The molecular weight excluding hydrogens is 442 g/mol. The molecular formula is C23H37N5O6. The number of hydrogen-bond donors (Lipinski definition) is 3. The third-order valence-corrected chi connectivity index (χ3v) is 6.27. The molecule has 0 radical (unpaired) electrons. The third-order valence-electron chi connectivity index (χ3n) is 6.27. The molecule has 0 saturated carbocycles. The molecule has 11 heteroatoms. The molecule has 2 atom stereocenters. The van der Waals surface area contributed by atoms with Crippen LogP contribution in [0.25, 0.3) is 0 Å². The zero-order valence-corrected chi connectivity index (χ0v) is 20.2. The highest BCUT2D eigenvalue weighted by Crippen LogP contribution is 2.25. The molecule has 1 aliphatic carbocycles. The van der Waals surface area contributed by atoms with Gasteiger partial charge in [-0.3, -0.25) is 24.1 Å². The number of carbonyl (C=O) groups is 4. The fraction of sp³-hybridized carbons (Fsp3) is 0.609. The number of carbonyl (C=O) groups excluding carboxylic acids is 2. The number of hydrogen-bond acceptors (Lipinski definition) is 6.